The molecule has 0 spiro atoms. The van der Waals surface area contributed by atoms with Crippen LogP contribution in [0.4, 0.5) is 0 Å². The maximum Gasteiger partial charge on any atom is 2.00 e. The van der Waals surface area contributed by atoms with Gasteiger partial charge < -0.3 is 19.8 Å². The Balaban J connectivity index is -0.000000180. The minimum absolute atomic E-state index is 0. The van der Waals surface area contributed by atoms with Gasteiger partial charge in [0, 0.05) is 8.96 Å². The predicted octanol–water partition coefficient (Wildman–Crippen LogP) is 0.0675. The number of carbonyl (C=O) groups is 2. The Morgan fingerprint density at radius 1 is 0.933 bits per heavy atom. The topological polar surface area (TPSA) is 80.3 Å². The summed E-state index contributed by atoms with van der Waals surface area (Å²) in [5.74, 6) is -2.36. The van der Waals surface area contributed by atoms with Crippen LogP contribution in [-0.2, 0) is 36.9 Å². The molecule has 0 bridgehead atoms. The molecule has 0 aromatic carbocycles. The molecule has 0 radical (unpaired) electrons. The Kier molecular flexibility index (Phi) is 17.1. The van der Waals surface area contributed by atoms with Crippen molar-refractivity contribution < 1.29 is 47.1 Å². The van der Waals surface area contributed by atoms with Crippen molar-refractivity contribution in [2.24, 2.45) is 0 Å². The molecule has 80 valence electrons. The molecule has 0 aromatic rings. The molecule has 0 aliphatic rings. The second-order valence-electron chi connectivity index (χ2n) is 1.85. The van der Waals surface area contributed by atoms with E-state index in [0.29, 0.717) is 0 Å². The number of hydrogen-bond donors (Lipinski definition) is 0. The Hall–Kier alpha value is 0.302. The third kappa shape index (κ3) is 14.3. The number of hydrogen-bond acceptors (Lipinski definition) is 4. The van der Waals surface area contributed by atoms with Crippen LogP contribution >= 0.6 is 31.9 Å². The van der Waals surface area contributed by atoms with Crippen molar-refractivity contribution in [2.45, 2.75) is 13.8 Å². The molecule has 0 amide bonds. The zero-order valence-electron chi connectivity index (χ0n) is 8.25. The van der Waals surface area contributed by atoms with Gasteiger partial charge in [-0.15, -0.1) is 0 Å². The van der Waals surface area contributed by atoms with Gasteiger partial charge in [-0.05, 0) is 45.7 Å². The fraction of sp³-hybridized carbons (Fsp3) is 0.250. The van der Waals surface area contributed by atoms with Crippen LogP contribution in [0, 0.1) is 0 Å². The van der Waals surface area contributed by atoms with Crippen LogP contribution in [-0.4, -0.2) is 11.9 Å². The summed E-state index contributed by atoms with van der Waals surface area (Å²) in [7, 11) is 0. The van der Waals surface area contributed by atoms with Gasteiger partial charge in [-0.1, -0.05) is 12.2 Å². The van der Waals surface area contributed by atoms with Crippen LogP contribution in [0.3, 0.4) is 0 Å². The number of rotatable bonds is 2. The molecule has 0 aliphatic carbocycles. The van der Waals surface area contributed by atoms with Gasteiger partial charge in [-0.2, -0.15) is 0 Å². The summed E-state index contributed by atoms with van der Waals surface area (Å²) in [5, 5.41) is 19.4. The molecule has 0 atom stereocenters. The zero-order valence-corrected chi connectivity index (χ0v) is 15.5. The van der Waals surface area contributed by atoms with Gasteiger partial charge in [0.1, 0.15) is 0 Å². The van der Waals surface area contributed by atoms with Crippen molar-refractivity contribution in [1.82, 2.24) is 0 Å². The summed E-state index contributed by atoms with van der Waals surface area (Å²) in [5.41, 5.74) is 0. The summed E-state index contributed by atoms with van der Waals surface area (Å²) in [6.07, 6.45) is 2.82. The SMILES string of the molecule is C/C=C(\Br)C(=O)[O-].C/C=C(\Br)C(=O)[O-].[Cd+2]. The second-order valence-corrected chi connectivity index (χ2v) is 3.56. The maximum absolute atomic E-state index is 9.70. The molecule has 0 aliphatic heterocycles. The number of carboxylic acids is 2. The number of aliphatic carboxylic acids is 2. The van der Waals surface area contributed by atoms with E-state index in [1.807, 2.05) is 0 Å². The Morgan fingerprint density at radius 3 is 1.13 bits per heavy atom. The Bertz CT molecular complexity index is 246. The first-order valence-corrected chi connectivity index (χ1v) is 5.01. The van der Waals surface area contributed by atoms with Crippen molar-refractivity contribution in [3.8, 4) is 0 Å². The quantitative estimate of drug-likeness (QED) is 0.450. The average molecular weight is 440 g/mol. The van der Waals surface area contributed by atoms with Crippen molar-refractivity contribution in [2.75, 3.05) is 0 Å². The van der Waals surface area contributed by atoms with E-state index in [2.05, 4.69) is 31.9 Å². The normalized spacial score (nSPS) is 10.7. The van der Waals surface area contributed by atoms with E-state index in [1.54, 1.807) is 13.8 Å². The van der Waals surface area contributed by atoms with E-state index in [-0.39, 0.29) is 36.3 Å². The summed E-state index contributed by atoms with van der Waals surface area (Å²) in [6.45, 7) is 3.22. The first kappa shape index (κ1) is 20.7. The molecule has 15 heavy (non-hydrogen) atoms. The van der Waals surface area contributed by atoms with Gasteiger partial charge in [0.25, 0.3) is 0 Å². The minimum Gasteiger partial charge on any atom is -0.544 e. The molecule has 0 fully saturated rings. The van der Waals surface area contributed by atoms with E-state index in [0.717, 1.165) is 0 Å². The van der Waals surface area contributed by atoms with Crippen LogP contribution in [0.25, 0.3) is 0 Å². The smallest absolute Gasteiger partial charge is 0.544 e. The molecule has 0 aromatic heterocycles. The monoisotopic (exact) mass is 440 g/mol. The molecule has 0 heterocycles. The van der Waals surface area contributed by atoms with Crippen molar-refractivity contribution in [3.63, 3.8) is 0 Å². The molecule has 0 saturated heterocycles. The van der Waals surface area contributed by atoms with Crippen LogP contribution in [0.2, 0.25) is 0 Å². The first-order valence-electron chi connectivity index (χ1n) is 3.43. The number of allylic oxidation sites excluding steroid dienone is 2. The number of carbonyl (C=O) groups excluding carboxylic acids is 2. The fourth-order valence-corrected chi connectivity index (χ4v) is 0.236. The van der Waals surface area contributed by atoms with Gasteiger partial charge in [-0.25, -0.2) is 0 Å². The van der Waals surface area contributed by atoms with Crippen LogP contribution in [0.5, 0.6) is 0 Å². The Morgan fingerprint density at radius 2 is 1.13 bits per heavy atom. The molecule has 0 rings (SSSR count). The average Bonchev–Trinajstić information content (AvgIpc) is 2.15. The molecule has 7 heteroatoms. The number of halogens is 2. The van der Waals surface area contributed by atoms with Gasteiger partial charge in [0.2, 0.25) is 0 Å². The summed E-state index contributed by atoms with van der Waals surface area (Å²) < 4.78 is 0.181. The van der Waals surface area contributed by atoms with E-state index in [9.17, 15) is 19.8 Å². The van der Waals surface area contributed by atoms with Crippen molar-refractivity contribution >= 4 is 43.8 Å². The maximum atomic E-state index is 9.70. The zero-order chi connectivity index (χ0) is 11.7. The van der Waals surface area contributed by atoms with E-state index < -0.39 is 11.9 Å². The van der Waals surface area contributed by atoms with Crippen LogP contribution in [0.15, 0.2) is 21.1 Å². The summed E-state index contributed by atoms with van der Waals surface area (Å²) >= 11 is 5.48. The minimum atomic E-state index is -1.18. The van der Waals surface area contributed by atoms with Crippen LogP contribution in [0.1, 0.15) is 13.8 Å². The molecule has 0 unspecified atom stereocenters. The predicted molar refractivity (Wildman–Crippen MR) is 55.4 cm³/mol. The van der Waals surface area contributed by atoms with Gasteiger partial charge in [0.15, 0.2) is 0 Å². The third-order valence-electron chi connectivity index (χ3n) is 0.897. The van der Waals surface area contributed by atoms with Crippen molar-refractivity contribution in [3.05, 3.63) is 21.1 Å². The number of carboxylic acid groups (broad SMARTS) is 2. The van der Waals surface area contributed by atoms with Crippen LogP contribution < -0.4 is 10.2 Å². The summed E-state index contributed by atoms with van der Waals surface area (Å²) in [6, 6.07) is 0. The summed E-state index contributed by atoms with van der Waals surface area (Å²) in [4.78, 5) is 19.4. The molecule has 0 saturated carbocycles. The molecule has 0 N–H and O–H groups in total. The third-order valence-corrected chi connectivity index (χ3v) is 2.46. The van der Waals surface area contributed by atoms with Gasteiger partial charge in [-0.3, -0.25) is 0 Å². The standard InChI is InChI=1S/2C4H5BrO2.Cd/c2*1-2-3(5)4(6)7;/h2*2H,1H3,(H,6,7);/q;;+2/p-2/b2*3-2-;. The van der Waals surface area contributed by atoms with Gasteiger partial charge >= 0.3 is 27.3 Å². The van der Waals surface area contributed by atoms with Crippen molar-refractivity contribution in [1.29, 1.82) is 0 Å². The largest absolute Gasteiger partial charge is 2.00 e. The van der Waals surface area contributed by atoms with E-state index in [4.69, 9.17) is 0 Å². The Labute approximate surface area is 125 Å². The first-order chi connectivity index (χ1) is 6.36. The molecular formula is C8H8Br2CdO4. The fourth-order valence-electron chi connectivity index (χ4n) is 0.236. The van der Waals surface area contributed by atoms with E-state index in [1.165, 1.54) is 12.2 Å². The second kappa shape index (κ2) is 12.4. The molecule has 4 nitrogen and oxygen atoms in total. The van der Waals surface area contributed by atoms with E-state index >= 15 is 0 Å². The molecular weight excluding hydrogens is 432 g/mol. The van der Waals surface area contributed by atoms with Gasteiger partial charge in [0.05, 0.1) is 11.9 Å².